The summed E-state index contributed by atoms with van der Waals surface area (Å²) in [6, 6.07) is 0. The monoisotopic (exact) mass is 508 g/mol. The predicted molar refractivity (Wildman–Crippen MR) is 157 cm³/mol. The summed E-state index contributed by atoms with van der Waals surface area (Å²) in [6.07, 6.45) is 32.7. The van der Waals surface area contributed by atoms with E-state index >= 15 is 0 Å². The highest BCUT2D eigenvalue weighted by Gasteiger charge is 1.99. The van der Waals surface area contributed by atoms with Gasteiger partial charge in [0.25, 0.3) is 0 Å². The highest BCUT2D eigenvalue weighted by atomic mass is 16.3. The molecular formula is C34H52O3. The van der Waals surface area contributed by atoms with Crippen LogP contribution in [0, 0.1) is 47.9 Å². The number of rotatable bonds is 22. The average Bonchev–Trinajstić information content (AvgIpc) is 2.90. The highest BCUT2D eigenvalue weighted by molar-refractivity contribution is 5.27. The molecule has 3 N–H and O–H groups in total. The smallest absolute Gasteiger partial charge is 0.133 e. The van der Waals surface area contributed by atoms with E-state index in [1.54, 1.807) is 6.08 Å². The summed E-state index contributed by atoms with van der Waals surface area (Å²) >= 11 is 0. The van der Waals surface area contributed by atoms with Gasteiger partial charge >= 0.3 is 0 Å². The Labute approximate surface area is 228 Å². The van der Waals surface area contributed by atoms with Crippen LogP contribution in [0.4, 0.5) is 0 Å². The SMILES string of the molecule is C#C[C@@H](O)C=CCCCCCCCCCC#CCCCCCCCCCCCC[C@H](O)C#CC#CCO. The van der Waals surface area contributed by atoms with Crippen LogP contribution < -0.4 is 0 Å². The molecule has 0 aromatic rings. The lowest BCUT2D eigenvalue weighted by molar-refractivity contribution is 0.217. The van der Waals surface area contributed by atoms with E-state index in [2.05, 4.69) is 41.4 Å². The fourth-order valence-corrected chi connectivity index (χ4v) is 4.06. The van der Waals surface area contributed by atoms with Crippen molar-refractivity contribution >= 4 is 0 Å². The van der Waals surface area contributed by atoms with E-state index in [1.165, 1.54) is 96.3 Å². The van der Waals surface area contributed by atoms with Crippen LogP contribution in [-0.4, -0.2) is 34.1 Å². The number of allylic oxidation sites excluding steroid dienone is 1. The van der Waals surface area contributed by atoms with Gasteiger partial charge in [0.1, 0.15) is 18.8 Å². The molecule has 2 atom stereocenters. The number of aliphatic hydroxyl groups excluding tert-OH is 3. The van der Waals surface area contributed by atoms with Crippen molar-refractivity contribution in [3.8, 4) is 47.9 Å². The second-order valence-corrected chi connectivity index (χ2v) is 9.73. The zero-order valence-corrected chi connectivity index (χ0v) is 23.3. The van der Waals surface area contributed by atoms with Crippen LogP contribution in [-0.2, 0) is 0 Å². The van der Waals surface area contributed by atoms with E-state index in [4.69, 9.17) is 11.5 Å². The van der Waals surface area contributed by atoms with Crippen LogP contribution in [0.25, 0.3) is 0 Å². The van der Waals surface area contributed by atoms with Crippen molar-refractivity contribution in [3.63, 3.8) is 0 Å². The molecule has 0 spiro atoms. The number of hydrogen-bond donors (Lipinski definition) is 3. The molecule has 0 aliphatic carbocycles. The Hall–Kier alpha value is -2.14. The summed E-state index contributed by atoms with van der Waals surface area (Å²) in [5, 5.41) is 27.5. The maximum atomic E-state index is 9.72. The Kier molecular flexibility index (Phi) is 28.3. The van der Waals surface area contributed by atoms with Gasteiger partial charge in [0.05, 0.1) is 0 Å². The minimum Gasteiger partial charge on any atom is -0.384 e. The van der Waals surface area contributed by atoms with Crippen LogP contribution in [0.5, 0.6) is 0 Å². The van der Waals surface area contributed by atoms with Gasteiger partial charge in [-0.1, -0.05) is 107 Å². The van der Waals surface area contributed by atoms with E-state index in [1.807, 2.05) is 6.08 Å². The van der Waals surface area contributed by atoms with Crippen LogP contribution in [0.2, 0.25) is 0 Å². The Bertz CT molecular complexity index is 757. The molecule has 0 rings (SSSR count). The minimum atomic E-state index is -0.730. The van der Waals surface area contributed by atoms with Crippen molar-refractivity contribution in [3.05, 3.63) is 12.2 Å². The fourth-order valence-electron chi connectivity index (χ4n) is 4.06. The predicted octanol–water partition coefficient (Wildman–Crippen LogP) is 7.09. The fraction of sp³-hybridized carbons (Fsp3) is 0.706. The van der Waals surface area contributed by atoms with Gasteiger partial charge in [-0.15, -0.1) is 18.3 Å². The number of unbranched alkanes of at least 4 members (excludes halogenated alkanes) is 18. The van der Waals surface area contributed by atoms with Gasteiger partial charge in [-0.3, -0.25) is 0 Å². The number of aliphatic hydroxyl groups is 3. The van der Waals surface area contributed by atoms with Crippen molar-refractivity contribution < 1.29 is 15.3 Å². The van der Waals surface area contributed by atoms with Crippen molar-refractivity contribution in [2.24, 2.45) is 0 Å². The lowest BCUT2D eigenvalue weighted by Gasteiger charge is -2.04. The molecule has 0 bridgehead atoms. The lowest BCUT2D eigenvalue weighted by Crippen LogP contribution is -2.01. The van der Waals surface area contributed by atoms with Gasteiger partial charge in [0, 0.05) is 12.8 Å². The lowest BCUT2D eigenvalue weighted by atomic mass is 10.0. The van der Waals surface area contributed by atoms with Crippen molar-refractivity contribution in [2.75, 3.05) is 6.61 Å². The van der Waals surface area contributed by atoms with E-state index in [0.717, 1.165) is 32.1 Å². The molecule has 0 aromatic carbocycles. The standard InChI is InChI=1S/C34H52O3/c1-2-33(36)29-25-22-20-18-16-14-12-10-8-6-4-3-5-7-9-11-13-15-17-19-21-23-26-30-34(37)31-27-24-28-32-35/h1,25,29,33-37H,5-23,26,30,32H2/t33-,34+/m1/s1. The zero-order valence-electron chi connectivity index (χ0n) is 23.3. The average molecular weight is 509 g/mol. The van der Waals surface area contributed by atoms with Crippen LogP contribution in [0.15, 0.2) is 12.2 Å². The van der Waals surface area contributed by atoms with E-state index in [0.29, 0.717) is 6.42 Å². The molecule has 0 fully saturated rings. The van der Waals surface area contributed by atoms with Gasteiger partial charge in [-0.2, -0.15) is 0 Å². The second kappa shape index (κ2) is 30.1. The first-order valence-electron chi connectivity index (χ1n) is 14.7. The van der Waals surface area contributed by atoms with E-state index < -0.39 is 12.2 Å². The first kappa shape index (κ1) is 34.9. The van der Waals surface area contributed by atoms with Crippen LogP contribution in [0.1, 0.15) is 135 Å². The molecule has 0 saturated carbocycles. The molecule has 206 valence electrons. The second-order valence-electron chi connectivity index (χ2n) is 9.73. The summed E-state index contributed by atoms with van der Waals surface area (Å²) in [5.41, 5.74) is 0. The molecule has 37 heavy (non-hydrogen) atoms. The summed E-state index contributed by atoms with van der Waals surface area (Å²) in [6.45, 7) is -0.189. The van der Waals surface area contributed by atoms with Crippen molar-refractivity contribution in [1.82, 2.24) is 0 Å². The van der Waals surface area contributed by atoms with Gasteiger partial charge in [0.2, 0.25) is 0 Å². The molecule has 0 saturated heterocycles. The zero-order chi connectivity index (χ0) is 27.1. The largest absolute Gasteiger partial charge is 0.384 e. The van der Waals surface area contributed by atoms with Gasteiger partial charge in [-0.05, 0) is 56.4 Å². The molecule has 0 heterocycles. The van der Waals surface area contributed by atoms with Gasteiger partial charge < -0.3 is 15.3 Å². The van der Waals surface area contributed by atoms with Gasteiger partial charge in [-0.25, -0.2) is 0 Å². The molecule has 3 nitrogen and oxygen atoms in total. The summed E-state index contributed by atoms with van der Waals surface area (Å²) in [4.78, 5) is 0. The molecule has 0 amide bonds. The van der Waals surface area contributed by atoms with E-state index in [9.17, 15) is 10.2 Å². The first-order valence-corrected chi connectivity index (χ1v) is 14.7. The third-order valence-corrected chi connectivity index (χ3v) is 6.28. The molecule has 0 aromatic heterocycles. The highest BCUT2D eigenvalue weighted by Crippen LogP contribution is 2.13. The minimum absolute atomic E-state index is 0.189. The van der Waals surface area contributed by atoms with Crippen molar-refractivity contribution in [1.29, 1.82) is 0 Å². The van der Waals surface area contributed by atoms with Crippen LogP contribution in [0.3, 0.4) is 0 Å². The third kappa shape index (κ3) is 30.0. The molecular weight excluding hydrogens is 456 g/mol. The van der Waals surface area contributed by atoms with Gasteiger partial charge in [0.15, 0.2) is 0 Å². The third-order valence-electron chi connectivity index (χ3n) is 6.28. The number of hydrogen-bond acceptors (Lipinski definition) is 3. The molecule has 0 unspecified atom stereocenters. The topological polar surface area (TPSA) is 60.7 Å². The normalized spacial score (nSPS) is 11.9. The quantitative estimate of drug-likeness (QED) is 0.0831. The summed E-state index contributed by atoms with van der Waals surface area (Å²) < 4.78 is 0. The summed E-state index contributed by atoms with van der Waals surface area (Å²) in [7, 11) is 0. The summed E-state index contributed by atoms with van der Waals surface area (Å²) in [5.74, 6) is 19.2. The Morgan fingerprint density at radius 1 is 0.595 bits per heavy atom. The Balaban J connectivity index is 3.27. The molecule has 0 aliphatic rings. The number of terminal acetylenes is 1. The maximum absolute atomic E-state index is 9.72. The Morgan fingerprint density at radius 2 is 1.08 bits per heavy atom. The molecule has 0 radical (unpaired) electrons. The molecule has 3 heteroatoms. The molecule has 0 aliphatic heterocycles. The Morgan fingerprint density at radius 3 is 1.59 bits per heavy atom. The van der Waals surface area contributed by atoms with Crippen molar-refractivity contribution in [2.45, 2.75) is 147 Å². The van der Waals surface area contributed by atoms with Crippen LogP contribution >= 0.6 is 0 Å². The maximum Gasteiger partial charge on any atom is 0.133 e. The first-order chi connectivity index (χ1) is 18.2. The van der Waals surface area contributed by atoms with E-state index in [-0.39, 0.29) is 6.61 Å².